The summed E-state index contributed by atoms with van der Waals surface area (Å²) in [4.78, 5) is 11.7. The van der Waals surface area contributed by atoms with Crippen molar-refractivity contribution < 1.29 is 9.53 Å². The maximum Gasteiger partial charge on any atom is 0.407 e. The van der Waals surface area contributed by atoms with Gasteiger partial charge >= 0.3 is 6.09 Å². The predicted octanol–water partition coefficient (Wildman–Crippen LogP) is 2.41. The molecule has 0 radical (unpaired) electrons. The van der Waals surface area contributed by atoms with Crippen LogP contribution in [0.3, 0.4) is 0 Å². The van der Waals surface area contributed by atoms with Crippen molar-refractivity contribution in [3.05, 3.63) is 0 Å². The summed E-state index contributed by atoms with van der Waals surface area (Å²) in [5.41, 5.74) is -0.439. The summed E-state index contributed by atoms with van der Waals surface area (Å²) in [6.45, 7) is 9.55. The van der Waals surface area contributed by atoms with E-state index in [0.717, 1.165) is 5.92 Å². The highest BCUT2D eigenvalue weighted by Crippen LogP contribution is 2.32. The summed E-state index contributed by atoms with van der Waals surface area (Å²) in [6, 6.07) is 1.52. The Hall–Kier alpha value is -0.810. The molecule has 1 aliphatic heterocycles. The van der Waals surface area contributed by atoms with E-state index in [2.05, 4.69) is 22.9 Å². The third kappa shape index (κ3) is 5.43. The number of rotatable bonds is 5. The molecule has 0 aromatic carbocycles. The van der Waals surface area contributed by atoms with E-state index in [1.54, 1.807) is 0 Å². The van der Waals surface area contributed by atoms with Crippen LogP contribution in [0.5, 0.6) is 0 Å². The SMILES string of the molecule is CC(CNC(=O)OC(C)(C)C)NC1CCCC1C1CCCN1. The Morgan fingerprint density at radius 1 is 1.27 bits per heavy atom. The standard InChI is InChI=1S/C17H33N3O2/c1-12(11-19-16(21)22-17(2,3)4)20-15-8-5-7-13(15)14-9-6-10-18-14/h12-15,18,20H,5-11H2,1-4H3,(H,19,21). The third-order valence-corrected chi connectivity index (χ3v) is 4.63. The van der Waals surface area contributed by atoms with Gasteiger partial charge in [-0.15, -0.1) is 0 Å². The second-order valence-corrected chi connectivity index (χ2v) is 7.85. The van der Waals surface area contributed by atoms with Gasteiger partial charge in [0.25, 0.3) is 0 Å². The molecule has 5 nitrogen and oxygen atoms in total. The monoisotopic (exact) mass is 311 g/mol. The quantitative estimate of drug-likeness (QED) is 0.729. The third-order valence-electron chi connectivity index (χ3n) is 4.63. The topological polar surface area (TPSA) is 62.4 Å². The van der Waals surface area contributed by atoms with Crippen LogP contribution in [0.2, 0.25) is 0 Å². The minimum atomic E-state index is -0.439. The highest BCUT2D eigenvalue weighted by atomic mass is 16.6. The van der Waals surface area contributed by atoms with E-state index in [-0.39, 0.29) is 12.1 Å². The van der Waals surface area contributed by atoms with Crippen molar-refractivity contribution in [3.63, 3.8) is 0 Å². The van der Waals surface area contributed by atoms with Gasteiger partial charge in [0, 0.05) is 24.7 Å². The molecule has 3 N–H and O–H groups in total. The highest BCUT2D eigenvalue weighted by molar-refractivity contribution is 5.67. The number of nitrogens with one attached hydrogen (secondary N) is 3. The largest absolute Gasteiger partial charge is 0.444 e. The van der Waals surface area contributed by atoms with Gasteiger partial charge in [0.15, 0.2) is 0 Å². The van der Waals surface area contributed by atoms with E-state index >= 15 is 0 Å². The summed E-state index contributed by atoms with van der Waals surface area (Å²) in [5, 5.41) is 10.2. The molecule has 1 saturated heterocycles. The normalized spacial score (nSPS) is 30.3. The summed E-state index contributed by atoms with van der Waals surface area (Å²) in [5.74, 6) is 0.742. The summed E-state index contributed by atoms with van der Waals surface area (Å²) in [6.07, 6.45) is 6.17. The van der Waals surface area contributed by atoms with Crippen LogP contribution in [-0.4, -0.2) is 42.9 Å². The average Bonchev–Trinajstić information content (AvgIpc) is 3.04. The molecule has 128 valence electrons. The molecule has 1 heterocycles. The van der Waals surface area contributed by atoms with Crippen molar-refractivity contribution in [2.24, 2.45) is 5.92 Å². The zero-order valence-electron chi connectivity index (χ0n) is 14.6. The van der Waals surface area contributed by atoms with E-state index in [1.165, 1.54) is 38.6 Å². The average molecular weight is 311 g/mol. The van der Waals surface area contributed by atoms with Crippen molar-refractivity contribution in [2.45, 2.75) is 83.5 Å². The molecule has 0 aromatic heterocycles. The van der Waals surface area contributed by atoms with Crippen LogP contribution in [0.15, 0.2) is 0 Å². The van der Waals surface area contributed by atoms with Gasteiger partial charge in [-0.05, 0) is 65.8 Å². The molecular formula is C17H33N3O2. The van der Waals surface area contributed by atoms with E-state index in [1.807, 2.05) is 20.8 Å². The van der Waals surface area contributed by atoms with Gasteiger partial charge in [-0.3, -0.25) is 0 Å². The fourth-order valence-electron chi connectivity index (χ4n) is 3.73. The number of alkyl carbamates (subject to hydrolysis) is 1. The van der Waals surface area contributed by atoms with Gasteiger partial charge in [0.05, 0.1) is 0 Å². The molecule has 22 heavy (non-hydrogen) atoms. The fourth-order valence-corrected chi connectivity index (χ4v) is 3.73. The molecular weight excluding hydrogens is 278 g/mol. The molecule has 5 heteroatoms. The summed E-state index contributed by atoms with van der Waals surface area (Å²) >= 11 is 0. The minimum absolute atomic E-state index is 0.263. The second-order valence-electron chi connectivity index (χ2n) is 7.85. The lowest BCUT2D eigenvalue weighted by Crippen LogP contribution is -2.49. The summed E-state index contributed by atoms with van der Waals surface area (Å²) < 4.78 is 5.27. The van der Waals surface area contributed by atoms with Crippen LogP contribution in [0.25, 0.3) is 0 Å². The van der Waals surface area contributed by atoms with Crippen LogP contribution in [0.4, 0.5) is 4.79 Å². The fraction of sp³-hybridized carbons (Fsp3) is 0.941. The molecule has 2 aliphatic rings. The molecule has 1 amide bonds. The van der Waals surface area contributed by atoms with Crippen LogP contribution in [0.1, 0.15) is 59.8 Å². The minimum Gasteiger partial charge on any atom is -0.444 e. The number of ether oxygens (including phenoxy) is 1. The lowest BCUT2D eigenvalue weighted by atomic mass is 9.92. The Morgan fingerprint density at radius 3 is 2.68 bits per heavy atom. The first kappa shape index (κ1) is 17.5. The second kappa shape index (κ2) is 7.64. The van der Waals surface area contributed by atoms with E-state index in [4.69, 9.17) is 4.74 Å². The Balaban J connectivity index is 1.71. The smallest absolute Gasteiger partial charge is 0.407 e. The number of hydrogen-bond acceptors (Lipinski definition) is 4. The lowest BCUT2D eigenvalue weighted by Gasteiger charge is -2.29. The van der Waals surface area contributed by atoms with Crippen LogP contribution >= 0.6 is 0 Å². The van der Waals surface area contributed by atoms with Crippen molar-refractivity contribution >= 4 is 6.09 Å². The number of hydrogen-bond donors (Lipinski definition) is 3. The first-order valence-corrected chi connectivity index (χ1v) is 8.81. The van der Waals surface area contributed by atoms with Gasteiger partial charge < -0.3 is 20.7 Å². The zero-order chi connectivity index (χ0) is 16.2. The van der Waals surface area contributed by atoms with Crippen LogP contribution in [-0.2, 0) is 4.74 Å². The van der Waals surface area contributed by atoms with Gasteiger partial charge in [-0.25, -0.2) is 4.79 Å². The van der Waals surface area contributed by atoms with E-state index < -0.39 is 5.60 Å². The van der Waals surface area contributed by atoms with Gasteiger partial charge in [-0.2, -0.15) is 0 Å². The number of carbonyl (C=O) groups excluding carboxylic acids is 1. The van der Waals surface area contributed by atoms with Gasteiger partial charge in [-0.1, -0.05) is 6.42 Å². The molecule has 1 saturated carbocycles. The predicted molar refractivity (Wildman–Crippen MR) is 89.0 cm³/mol. The van der Waals surface area contributed by atoms with E-state index in [9.17, 15) is 4.79 Å². The summed E-state index contributed by atoms with van der Waals surface area (Å²) in [7, 11) is 0. The van der Waals surface area contributed by atoms with Crippen LogP contribution in [0, 0.1) is 5.92 Å². The Bertz CT molecular complexity index is 361. The molecule has 0 spiro atoms. The molecule has 0 aromatic rings. The Morgan fingerprint density at radius 2 is 2.05 bits per heavy atom. The lowest BCUT2D eigenvalue weighted by molar-refractivity contribution is 0.0522. The van der Waals surface area contributed by atoms with Gasteiger partial charge in [0.1, 0.15) is 5.60 Å². The van der Waals surface area contributed by atoms with Crippen molar-refractivity contribution in [3.8, 4) is 0 Å². The number of carbonyl (C=O) groups is 1. The molecule has 4 atom stereocenters. The molecule has 2 rings (SSSR count). The van der Waals surface area contributed by atoms with Crippen LogP contribution < -0.4 is 16.0 Å². The van der Waals surface area contributed by atoms with Crippen molar-refractivity contribution in [1.82, 2.24) is 16.0 Å². The molecule has 4 unspecified atom stereocenters. The van der Waals surface area contributed by atoms with E-state index in [0.29, 0.717) is 18.6 Å². The molecule has 2 fully saturated rings. The Labute approximate surface area is 134 Å². The highest BCUT2D eigenvalue weighted by Gasteiger charge is 2.35. The zero-order valence-corrected chi connectivity index (χ0v) is 14.6. The molecule has 0 bridgehead atoms. The first-order valence-electron chi connectivity index (χ1n) is 8.81. The maximum absolute atomic E-state index is 11.7. The van der Waals surface area contributed by atoms with Gasteiger partial charge in [0.2, 0.25) is 0 Å². The maximum atomic E-state index is 11.7. The molecule has 1 aliphatic carbocycles. The number of amides is 1. The van der Waals surface area contributed by atoms with Crippen molar-refractivity contribution in [1.29, 1.82) is 0 Å². The van der Waals surface area contributed by atoms with Crippen molar-refractivity contribution in [2.75, 3.05) is 13.1 Å². The first-order chi connectivity index (χ1) is 10.3. The Kier molecular flexibility index (Phi) is 6.09.